The fourth-order valence-electron chi connectivity index (χ4n) is 1.70. The molecule has 0 N–H and O–H groups in total. The van der Waals surface area contributed by atoms with Crippen LogP contribution in [0, 0.1) is 5.82 Å². The Kier molecular flexibility index (Phi) is 4.63. The van der Waals surface area contributed by atoms with Gasteiger partial charge in [0.2, 0.25) is 0 Å². The molecule has 0 radical (unpaired) electrons. The average Bonchev–Trinajstić information content (AvgIpc) is 2.38. The highest BCUT2D eigenvalue weighted by molar-refractivity contribution is 6.31. The van der Waals surface area contributed by atoms with E-state index in [1.165, 1.54) is 19.1 Å². The second kappa shape index (κ2) is 6.25. The van der Waals surface area contributed by atoms with Gasteiger partial charge < -0.3 is 4.74 Å². The number of benzene rings is 2. The van der Waals surface area contributed by atoms with Crippen LogP contribution in [0.3, 0.4) is 0 Å². The lowest BCUT2D eigenvalue weighted by molar-refractivity contribution is 0.101. The van der Waals surface area contributed by atoms with Gasteiger partial charge in [-0.15, -0.1) is 0 Å². The third-order valence-corrected chi connectivity index (χ3v) is 3.31. The van der Waals surface area contributed by atoms with Crippen LogP contribution in [0.2, 0.25) is 10.0 Å². The van der Waals surface area contributed by atoms with E-state index in [1.807, 2.05) is 0 Å². The monoisotopic (exact) mass is 312 g/mol. The van der Waals surface area contributed by atoms with Gasteiger partial charge in [-0.3, -0.25) is 4.79 Å². The third kappa shape index (κ3) is 3.50. The number of carbonyl (C=O) groups excluding carboxylic acids is 1. The minimum Gasteiger partial charge on any atom is -0.488 e. The van der Waals surface area contributed by atoms with Crippen molar-refractivity contribution < 1.29 is 13.9 Å². The summed E-state index contributed by atoms with van der Waals surface area (Å²) < 4.78 is 18.5. The predicted octanol–water partition coefficient (Wildman–Crippen LogP) is 4.91. The maximum Gasteiger partial charge on any atom is 0.163 e. The van der Waals surface area contributed by atoms with Crippen LogP contribution in [0.4, 0.5) is 4.39 Å². The van der Waals surface area contributed by atoms with Crippen LogP contribution < -0.4 is 4.74 Å². The molecule has 0 spiro atoms. The zero-order valence-corrected chi connectivity index (χ0v) is 12.1. The van der Waals surface area contributed by atoms with Crippen molar-refractivity contribution in [3.8, 4) is 5.75 Å². The van der Waals surface area contributed by atoms with Gasteiger partial charge in [-0.1, -0.05) is 29.3 Å². The van der Waals surface area contributed by atoms with Gasteiger partial charge >= 0.3 is 0 Å². The molecule has 2 rings (SSSR count). The summed E-state index contributed by atoms with van der Waals surface area (Å²) in [4.78, 5) is 11.5. The maximum absolute atomic E-state index is 12.9. The molecule has 0 amide bonds. The zero-order chi connectivity index (χ0) is 14.7. The lowest BCUT2D eigenvalue weighted by Gasteiger charge is -2.11. The van der Waals surface area contributed by atoms with Crippen molar-refractivity contribution in [2.24, 2.45) is 0 Å². The van der Waals surface area contributed by atoms with Crippen LogP contribution in [0.25, 0.3) is 0 Å². The molecule has 0 atom stereocenters. The minimum absolute atomic E-state index is 0.140. The molecule has 2 aromatic rings. The topological polar surface area (TPSA) is 26.3 Å². The van der Waals surface area contributed by atoms with Gasteiger partial charge in [0.1, 0.15) is 18.2 Å². The third-order valence-electron chi connectivity index (χ3n) is 2.72. The molecule has 0 aliphatic carbocycles. The SMILES string of the molecule is CC(=O)c1cc(Cl)ccc1OCc1ccc(F)cc1Cl. The molecule has 0 heterocycles. The molecule has 2 aromatic carbocycles. The van der Waals surface area contributed by atoms with E-state index in [1.54, 1.807) is 24.3 Å². The fraction of sp³-hybridized carbons (Fsp3) is 0.133. The van der Waals surface area contributed by atoms with E-state index >= 15 is 0 Å². The molecule has 0 saturated carbocycles. The van der Waals surface area contributed by atoms with Gasteiger partial charge in [-0.05, 0) is 37.3 Å². The second-order valence-electron chi connectivity index (χ2n) is 4.22. The van der Waals surface area contributed by atoms with Crippen LogP contribution >= 0.6 is 23.2 Å². The standard InChI is InChI=1S/C15H11Cl2FO2/c1-9(19)13-6-11(16)3-5-15(13)20-8-10-2-4-12(18)7-14(10)17/h2-7H,8H2,1H3. The summed E-state index contributed by atoms with van der Waals surface area (Å²) in [5.41, 5.74) is 1.04. The van der Waals surface area contributed by atoms with E-state index < -0.39 is 5.82 Å². The summed E-state index contributed by atoms with van der Waals surface area (Å²) in [6.07, 6.45) is 0. The normalized spacial score (nSPS) is 10.4. The first-order valence-electron chi connectivity index (χ1n) is 5.84. The number of hydrogen-bond acceptors (Lipinski definition) is 2. The molecule has 2 nitrogen and oxygen atoms in total. The molecule has 0 unspecified atom stereocenters. The number of rotatable bonds is 4. The van der Waals surface area contributed by atoms with Crippen molar-refractivity contribution in [3.63, 3.8) is 0 Å². The van der Waals surface area contributed by atoms with Crippen molar-refractivity contribution >= 4 is 29.0 Å². The second-order valence-corrected chi connectivity index (χ2v) is 5.06. The Balaban J connectivity index is 2.20. The molecule has 0 aliphatic rings. The van der Waals surface area contributed by atoms with E-state index in [0.717, 1.165) is 0 Å². The van der Waals surface area contributed by atoms with E-state index in [9.17, 15) is 9.18 Å². The number of carbonyl (C=O) groups is 1. The van der Waals surface area contributed by atoms with Crippen molar-refractivity contribution in [1.29, 1.82) is 0 Å². The van der Waals surface area contributed by atoms with E-state index in [4.69, 9.17) is 27.9 Å². The molecule has 0 aliphatic heterocycles. The molecule has 0 fully saturated rings. The smallest absolute Gasteiger partial charge is 0.163 e. The van der Waals surface area contributed by atoms with Crippen LogP contribution in [0.15, 0.2) is 36.4 Å². The maximum atomic E-state index is 12.9. The number of ketones is 1. The summed E-state index contributed by atoms with van der Waals surface area (Å²) in [5, 5.41) is 0.741. The first-order chi connectivity index (χ1) is 9.47. The summed E-state index contributed by atoms with van der Waals surface area (Å²) in [6, 6.07) is 8.87. The van der Waals surface area contributed by atoms with Crippen molar-refractivity contribution in [3.05, 3.63) is 63.4 Å². The van der Waals surface area contributed by atoms with Gasteiger partial charge in [-0.25, -0.2) is 4.39 Å². The number of ether oxygens (including phenoxy) is 1. The van der Waals surface area contributed by atoms with Crippen LogP contribution in [0.1, 0.15) is 22.8 Å². The number of Topliss-reactive ketones (excluding diaryl/α,β-unsaturated/α-hetero) is 1. The Morgan fingerprint density at radius 2 is 1.95 bits per heavy atom. The molecule has 5 heteroatoms. The number of hydrogen-bond donors (Lipinski definition) is 0. The Morgan fingerprint density at radius 3 is 2.60 bits per heavy atom. The Hall–Kier alpha value is -1.58. The molecular formula is C15H11Cl2FO2. The number of halogens is 3. The van der Waals surface area contributed by atoms with Gasteiger partial charge in [0.05, 0.1) is 10.6 Å². The zero-order valence-electron chi connectivity index (χ0n) is 10.6. The highest BCUT2D eigenvalue weighted by Crippen LogP contribution is 2.25. The molecule has 20 heavy (non-hydrogen) atoms. The van der Waals surface area contributed by atoms with Gasteiger partial charge in [-0.2, -0.15) is 0 Å². The first-order valence-corrected chi connectivity index (χ1v) is 6.60. The predicted molar refractivity (Wildman–Crippen MR) is 77.2 cm³/mol. The van der Waals surface area contributed by atoms with Gasteiger partial charge in [0.15, 0.2) is 5.78 Å². The van der Waals surface area contributed by atoms with E-state index in [2.05, 4.69) is 0 Å². The van der Waals surface area contributed by atoms with E-state index in [-0.39, 0.29) is 17.4 Å². The lowest BCUT2D eigenvalue weighted by Crippen LogP contribution is -2.02. The average molecular weight is 313 g/mol. The van der Waals surface area contributed by atoms with Crippen LogP contribution in [0.5, 0.6) is 5.75 Å². The van der Waals surface area contributed by atoms with Crippen molar-refractivity contribution in [1.82, 2.24) is 0 Å². The van der Waals surface area contributed by atoms with Crippen molar-refractivity contribution in [2.75, 3.05) is 0 Å². The molecule has 0 aromatic heterocycles. The first kappa shape index (κ1) is 14.8. The largest absolute Gasteiger partial charge is 0.488 e. The molecule has 104 valence electrons. The molecule has 0 bridgehead atoms. The summed E-state index contributed by atoms with van der Waals surface area (Å²) in [5.74, 6) is -0.135. The van der Waals surface area contributed by atoms with Crippen molar-refractivity contribution in [2.45, 2.75) is 13.5 Å². The highest BCUT2D eigenvalue weighted by Gasteiger charge is 2.10. The Labute approximate surface area is 126 Å². The van der Waals surface area contributed by atoms with Gasteiger partial charge in [0, 0.05) is 10.6 Å². The summed E-state index contributed by atoms with van der Waals surface area (Å²) in [6.45, 7) is 1.57. The Morgan fingerprint density at radius 1 is 1.20 bits per heavy atom. The highest BCUT2D eigenvalue weighted by atomic mass is 35.5. The molecule has 0 saturated heterocycles. The Bertz CT molecular complexity index is 656. The summed E-state index contributed by atoms with van der Waals surface area (Å²) in [7, 11) is 0. The van der Waals surface area contributed by atoms with Crippen LogP contribution in [-0.4, -0.2) is 5.78 Å². The quantitative estimate of drug-likeness (QED) is 0.749. The van der Waals surface area contributed by atoms with Crippen LogP contribution in [-0.2, 0) is 6.61 Å². The summed E-state index contributed by atoms with van der Waals surface area (Å²) >= 11 is 11.8. The minimum atomic E-state index is -0.408. The lowest BCUT2D eigenvalue weighted by atomic mass is 10.1. The van der Waals surface area contributed by atoms with E-state index in [0.29, 0.717) is 21.9 Å². The molecular weight excluding hydrogens is 302 g/mol. The fourth-order valence-corrected chi connectivity index (χ4v) is 2.09. The van der Waals surface area contributed by atoms with Gasteiger partial charge in [0.25, 0.3) is 0 Å².